The first-order chi connectivity index (χ1) is 11.9. The Balaban J connectivity index is 2.24. The quantitative estimate of drug-likeness (QED) is 0.639. The number of rotatable bonds is 6. The predicted octanol–water partition coefficient (Wildman–Crippen LogP) is 3.69. The van der Waals surface area contributed by atoms with Crippen LogP contribution >= 0.6 is 0 Å². The standard InChI is InChI=1S/C20H24O5/c1-4-6-13-11-17(22)24-16-12-15(23-10-5-9-21)14-7-8-20(2,3)25-19(14)18(13)16/h7-8,11-12,21H,4-6,9-10H2,1-3H3. The molecule has 0 fully saturated rings. The Kier molecular flexibility index (Phi) is 4.86. The zero-order chi connectivity index (χ0) is 18.0. The molecule has 0 bridgehead atoms. The van der Waals surface area contributed by atoms with Gasteiger partial charge in [0.2, 0.25) is 0 Å². The van der Waals surface area contributed by atoms with Crippen molar-refractivity contribution in [3.63, 3.8) is 0 Å². The number of aliphatic hydroxyl groups is 1. The van der Waals surface area contributed by atoms with Gasteiger partial charge in [-0.25, -0.2) is 4.79 Å². The first-order valence-corrected chi connectivity index (χ1v) is 8.71. The van der Waals surface area contributed by atoms with Crippen molar-refractivity contribution in [3.05, 3.63) is 39.8 Å². The van der Waals surface area contributed by atoms with Crippen molar-refractivity contribution in [2.75, 3.05) is 13.2 Å². The molecule has 1 aromatic heterocycles. The van der Waals surface area contributed by atoms with Crippen LogP contribution in [-0.2, 0) is 6.42 Å². The molecule has 0 spiro atoms. The molecule has 0 saturated heterocycles. The minimum absolute atomic E-state index is 0.0604. The topological polar surface area (TPSA) is 68.9 Å². The van der Waals surface area contributed by atoms with Gasteiger partial charge in [0, 0.05) is 25.2 Å². The average molecular weight is 344 g/mol. The fraction of sp³-hybridized carbons (Fsp3) is 0.450. The van der Waals surface area contributed by atoms with Gasteiger partial charge >= 0.3 is 5.63 Å². The van der Waals surface area contributed by atoms with Crippen LogP contribution in [0, 0.1) is 0 Å². The Morgan fingerprint density at radius 2 is 2.08 bits per heavy atom. The molecule has 1 aromatic carbocycles. The highest BCUT2D eigenvalue weighted by atomic mass is 16.5. The van der Waals surface area contributed by atoms with E-state index in [1.807, 2.05) is 26.0 Å². The van der Waals surface area contributed by atoms with Gasteiger partial charge in [0.25, 0.3) is 0 Å². The van der Waals surface area contributed by atoms with Gasteiger partial charge in [0.1, 0.15) is 22.7 Å². The number of aliphatic hydroxyl groups excluding tert-OH is 1. The third-order valence-corrected chi connectivity index (χ3v) is 4.17. The van der Waals surface area contributed by atoms with Crippen molar-refractivity contribution in [1.29, 1.82) is 0 Å². The van der Waals surface area contributed by atoms with Gasteiger partial charge in [0.05, 0.1) is 17.6 Å². The summed E-state index contributed by atoms with van der Waals surface area (Å²) >= 11 is 0. The normalized spacial score (nSPS) is 15.0. The largest absolute Gasteiger partial charge is 0.493 e. The van der Waals surface area contributed by atoms with Gasteiger partial charge in [0.15, 0.2) is 0 Å². The van der Waals surface area contributed by atoms with Crippen LogP contribution in [0.25, 0.3) is 17.0 Å². The molecule has 1 aliphatic heterocycles. The number of ether oxygens (including phenoxy) is 2. The summed E-state index contributed by atoms with van der Waals surface area (Å²) in [6, 6.07) is 3.30. The van der Waals surface area contributed by atoms with E-state index in [2.05, 4.69) is 6.92 Å². The van der Waals surface area contributed by atoms with E-state index in [9.17, 15) is 4.79 Å². The van der Waals surface area contributed by atoms with Crippen LogP contribution in [0.2, 0.25) is 0 Å². The summed E-state index contributed by atoms with van der Waals surface area (Å²) in [7, 11) is 0. The van der Waals surface area contributed by atoms with Crippen molar-refractivity contribution < 1.29 is 19.0 Å². The molecular formula is C20H24O5. The highest BCUT2D eigenvalue weighted by Crippen LogP contribution is 2.44. The number of fused-ring (bicyclic) bond motifs is 3. The highest BCUT2D eigenvalue weighted by Gasteiger charge is 2.28. The molecule has 0 amide bonds. The molecule has 2 heterocycles. The van der Waals surface area contributed by atoms with Gasteiger partial charge in [-0.1, -0.05) is 13.3 Å². The molecule has 1 aliphatic rings. The van der Waals surface area contributed by atoms with E-state index in [-0.39, 0.29) is 12.2 Å². The van der Waals surface area contributed by atoms with Crippen molar-refractivity contribution in [2.45, 2.75) is 45.6 Å². The van der Waals surface area contributed by atoms with Gasteiger partial charge in [-0.3, -0.25) is 0 Å². The minimum Gasteiger partial charge on any atom is -0.493 e. The molecule has 25 heavy (non-hydrogen) atoms. The Labute approximate surface area is 146 Å². The number of hydrogen-bond acceptors (Lipinski definition) is 5. The van der Waals surface area contributed by atoms with Crippen molar-refractivity contribution in [2.24, 2.45) is 0 Å². The van der Waals surface area contributed by atoms with E-state index in [0.717, 1.165) is 29.4 Å². The molecule has 0 atom stereocenters. The molecule has 5 nitrogen and oxygen atoms in total. The Morgan fingerprint density at radius 3 is 2.80 bits per heavy atom. The highest BCUT2D eigenvalue weighted by molar-refractivity contribution is 5.94. The lowest BCUT2D eigenvalue weighted by atomic mass is 9.96. The van der Waals surface area contributed by atoms with E-state index in [1.165, 1.54) is 0 Å². The maximum atomic E-state index is 12.0. The Bertz CT molecular complexity index is 860. The monoisotopic (exact) mass is 344 g/mol. The molecule has 134 valence electrons. The summed E-state index contributed by atoms with van der Waals surface area (Å²) in [5.41, 5.74) is 1.42. The lowest BCUT2D eigenvalue weighted by Crippen LogP contribution is -2.28. The van der Waals surface area contributed by atoms with Gasteiger partial charge in [-0.15, -0.1) is 0 Å². The second-order valence-electron chi connectivity index (χ2n) is 6.80. The van der Waals surface area contributed by atoms with Gasteiger partial charge in [-0.2, -0.15) is 0 Å². The van der Waals surface area contributed by atoms with E-state index in [4.69, 9.17) is 19.0 Å². The van der Waals surface area contributed by atoms with Crippen molar-refractivity contribution >= 4 is 17.0 Å². The van der Waals surface area contributed by atoms with Crippen LogP contribution in [-0.4, -0.2) is 23.9 Å². The van der Waals surface area contributed by atoms with Crippen LogP contribution in [0.1, 0.15) is 44.7 Å². The Hall–Kier alpha value is -2.27. The number of aryl methyl sites for hydroxylation is 1. The zero-order valence-electron chi connectivity index (χ0n) is 14.9. The minimum atomic E-state index is -0.455. The first kappa shape index (κ1) is 17.5. The molecule has 0 aliphatic carbocycles. The summed E-state index contributed by atoms with van der Waals surface area (Å²) in [4.78, 5) is 12.0. The molecule has 3 rings (SSSR count). The lowest BCUT2D eigenvalue weighted by Gasteiger charge is -2.30. The van der Waals surface area contributed by atoms with Crippen molar-refractivity contribution in [3.8, 4) is 11.5 Å². The van der Waals surface area contributed by atoms with Crippen LogP contribution in [0.4, 0.5) is 0 Å². The molecule has 0 unspecified atom stereocenters. The van der Waals surface area contributed by atoms with Gasteiger partial charge in [-0.05, 0) is 38.0 Å². The predicted molar refractivity (Wildman–Crippen MR) is 97.4 cm³/mol. The Morgan fingerprint density at radius 1 is 1.28 bits per heavy atom. The summed E-state index contributed by atoms with van der Waals surface area (Å²) in [6.07, 6.45) is 6.20. The van der Waals surface area contributed by atoms with E-state index in [1.54, 1.807) is 12.1 Å². The number of hydrogen-bond donors (Lipinski definition) is 1. The average Bonchev–Trinajstić information content (AvgIpc) is 2.53. The molecule has 0 radical (unpaired) electrons. The van der Waals surface area contributed by atoms with Crippen LogP contribution < -0.4 is 15.1 Å². The van der Waals surface area contributed by atoms with Gasteiger partial charge < -0.3 is 19.0 Å². The van der Waals surface area contributed by atoms with Crippen molar-refractivity contribution in [1.82, 2.24) is 0 Å². The zero-order valence-corrected chi connectivity index (χ0v) is 14.9. The molecule has 5 heteroatoms. The summed E-state index contributed by atoms with van der Waals surface area (Å²) < 4.78 is 17.5. The SMILES string of the molecule is CCCc1cc(=O)oc2cc(OCCCO)c3c(c12)OC(C)(C)C=C3. The fourth-order valence-electron chi connectivity index (χ4n) is 3.04. The molecule has 0 saturated carbocycles. The van der Waals surface area contributed by atoms with E-state index >= 15 is 0 Å². The first-order valence-electron chi connectivity index (χ1n) is 8.71. The second kappa shape index (κ2) is 6.92. The molecular weight excluding hydrogens is 320 g/mol. The third kappa shape index (κ3) is 3.56. The van der Waals surface area contributed by atoms with Crippen LogP contribution in [0.15, 0.2) is 27.4 Å². The molecule has 2 aromatic rings. The summed E-state index contributed by atoms with van der Waals surface area (Å²) in [5, 5.41) is 9.81. The maximum Gasteiger partial charge on any atom is 0.336 e. The summed E-state index contributed by atoms with van der Waals surface area (Å²) in [5.74, 6) is 1.29. The number of benzene rings is 1. The van der Waals surface area contributed by atoms with Crippen LogP contribution in [0.5, 0.6) is 11.5 Å². The summed E-state index contributed by atoms with van der Waals surface area (Å²) in [6.45, 7) is 6.48. The maximum absolute atomic E-state index is 12.0. The smallest absolute Gasteiger partial charge is 0.336 e. The second-order valence-corrected chi connectivity index (χ2v) is 6.80. The molecule has 1 N–H and O–H groups in total. The fourth-order valence-corrected chi connectivity index (χ4v) is 3.04. The van der Waals surface area contributed by atoms with Crippen LogP contribution in [0.3, 0.4) is 0 Å². The van der Waals surface area contributed by atoms with E-state index in [0.29, 0.717) is 30.1 Å². The third-order valence-electron chi connectivity index (χ3n) is 4.17. The van der Waals surface area contributed by atoms with E-state index < -0.39 is 5.60 Å². The lowest BCUT2D eigenvalue weighted by molar-refractivity contribution is 0.160.